The minimum atomic E-state index is -2.76. The third-order valence-electron chi connectivity index (χ3n) is 4.02. The normalized spacial score (nSPS) is 19.5. The lowest BCUT2D eigenvalue weighted by Crippen LogP contribution is -2.41. The molecule has 8 heteroatoms. The summed E-state index contributed by atoms with van der Waals surface area (Å²) in [5.41, 5.74) is 1.07. The number of halogens is 4. The van der Waals surface area contributed by atoms with Crippen molar-refractivity contribution in [3.8, 4) is 11.1 Å². The summed E-state index contributed by atoms with van der Waals surface area (Å²) >= 11 is 0. The Bertz CT molecular complexity index is 751. The average Bonchev–Trinajstić information content (AvgIpc) is 2.85. The zero-order valence-electron chi connectivity index (χ0n) is 12.9. The van der Waals surface area contributed by atoms with Crippen LogP contribution in [-0.4, -0.2) is 35.0 Å². The molecule has 1 saturated heterocycles. The molecule has 1 aliphatic heterocycles. The zero-order chi connectivity index (χ0) is 17.3. The van der Waals surface area contributed by atoms with Gasteiger partial charge in [0.15, 0.2) is 0 Å². The molecule has 1 unspecified atom stereocenters. The highest BCUT2D eigenvalue weighted by Crippen LogP contribution is 2.28. The average molecular weight is 340 g/mol. The number of benzene rings is 1. The van der Waals surface area contributed by atoms with Gasteiger partial charge in [0.05, 0.1) is 11.7 Å². The monoisotopic (exact) mass is 340 g/mol. The summed E-state index contributed by atoms with van der Waals surface area (Å²) in [6.45, 7) is 1.89. The molecular weight excluding hydrogens is 324 g/mol. The summed E-state index contributed by atoms with van der Waals surface area (Å²) in [5.74, 6) is -3.96. The van der Waals surface area contributed by atoms with Gasteiger partial charge in [-0.3, -0.25) is 0 Å². The van der Waals surface area contributed by atoms with Crippen molar-refractivity contribution in [3.63, 3.8) is 0 Å². The second kappa shape index (κ2) is 6.35. The van der Waals surface area contributed by atoms with E-state index in [-0.39, 0.29) is 31.0 Å². The lowest BCUT2D eigenvalue weighted by Gasteiger charge is -2.19. The molecule has 1 aromatic carbocycles. The molecule has 0 aliphatic carbocycles. The summed E-state index contributed by atoms with van der Waals surface area (Å²) in [5, 5.41) is 5.50. The van der Waals surface area contributed by atoms with Gasteiger partial charge in [0.2, 0.25) is 5.95 Å². The van der Waals surface area contributed by atoms with E-state index in [9.17, 15) is 17.6 Å². The SMILES string of the molecule is Cc1nc(NCC2NCCC2(F)F)ncc1-c1ccc(F)cc1F. The lowest BCUT2D eigenvalue weighted by atomic mass is 10.1. The summed E-state index contributed by atoms with van der Waals surface area (Å²) in [7, 11) is 0. The first-order valence-electron chi connectivity index (χ1n) is 7.51. The van der Waals surface area contributed by atoms with Crippen LogP contribution in [0.1, 0.15) is 12.1 Å². The highest BCUT2D eigenvalue weighted by Gasteiger charge is 2.43. The van der Waals surface area contributed by atoms with Crippen LogP contribution in [0.25, 0.3) is 11.1 Å². The molecule has 2 aromatic rings. The Morgan fingerprint density at radius 2 is 2.08 bits per heavy atom. The molecule has 1 aromatic heterocycles. The smallest absolute Gasteiger partial charge is 0.266 e. The molecule has 1 atom stereocenters. The first kappa shape index (κ1) is 16.6. The molecule has 24 heavy (non-hydrogen) atoms. The Kier molecular flexibility index (Phi) is 4.40. The number of alkyl halides is 2. The first-order valence-corrected chi connectivity index (χ1v) is 7.51. The molecular formula is C16H16F4N4. The molecule has 2 N–H and O–H groups in total. The molecule has 4 nitrogen and oxygen atoms in total. The molecule has 128 valence electrons. The summed E-state index contributed by atoms with van der Waals surface area (Å²) in [6, 6.07) is 2.27. The number of aryl methyl sites for hydroxylation is 1. The summed E-state index contributed by atoms with van der Waals surface area (Å²) < 4.78 is 53.9. The van der Waals surface area contributed by atoms with Crippen molar-refractivity contribution < 1.29 is 17.6 Å². The number of anilines is 1. The number of hydrogen-bond acceptors (Lipinski definition) is 4. The predicted molar refractivity (Wildman–Crippen MR) is 82.0 cm³/mol. The first-order chi connectivity index (χ1) is 11.4. The summed E-state index contributed by atoms with van der Waals surface area (Å²) in [4.78, 5) is 8.20. The topological polar surface area (TPSA) is 49.8 Å². The van der Waals surface area contributed by atoms with Crippen molar-refractivity contribution in [3.05, 3.63) is 41.7 Å². The van der Waals surface area contributed by atoms with Crippen LogP contribution in [0.5, 0.6) is 0 Å². The molecule has 3 rings (SSSR count). The maximum absolute atomic E-state index is 13.9. The standard InChI is InChI=1S/C16H16F4N4/c1-9-12(11-3-2-10(17)6-13(11)18)7-22-15(24-9)23-8-14-16(19,20)4-5-21-14/h2-3,6-7,14,21H,4-5,8H2,1H3,(H,22,23,24). The van der Waals surface area contributed by atoms with Crippen molar-refractivity contribution >= 4 is 5.95 Å². The minimum absolute atomic E-state index is 0.0172. The van der Waals surface area contributed by atoms with Crippen LogP contribution >= 0.6 is 0 Å². The Hall–Kier alpha value is -2.22. The van der Waals surface area contributed by atoms with E-state index in [0.717, 1.165) is 12.1 Å². The van der Waals surface area contributed by atoms with E-state index < -0.39 is 23.6 Å². The fourth-order valence-electron chi connectivity index (χ4n) is 2.68. The number of nitrogens with one attached hydrogen (secondary N) is 2. The number of aromatic nitrogens is 2. The molecule has 2 heterocycles. The van der Waals surface area contributed by atoms with Crippen LogP contribution in [0.4, 0.5) is 23.5 Å². The van der Waals surface area contributed by atoms with Crippen molar-refractivity contribution in [2.75, 3.05) is 18.4 Å². The molecule has 0 radical (unpaired) electrons. The maximum Gasteiger partial charge on any atom is 0.266 e. The van der Waals surface area contributed by atoms with Crippen LogP contribution in [0, 0.1) is 18.6 Å². The zero-order valence-corrected chi connectivity index (χ0v) is 12.9. The van der Waals surface area contributed by atoms with Crippen molar-refractivity contribution in [1.82, 2.24) is 15.3 Å². The predicted octanol–water partition coefficient (Wildman–Crippen LogP) is 3.14. The lowest BCUT2D eigenvalue weighted by molar-refractivity contribution is -0.00693. The number of hydrogen-bond donors (Lipinski definition) is 2. The molecule has 1 fully saturated rings. The van der Waals surface area contributed by atoms with E-state index >= 15 is 0 Å². The van der Waals surface area contributed by atoms with E-state index in [1.807, 2.05) is 0 Å². The molecule has 0 amide bonds. The fourth-order valence-corrected chi connectivity index (χ4v) is 2.68. The van der Waals surface area contributed by atoms with E-state index in [1.165, 1.54) is 12.3 Å². The highest BCUT2D eigenvalue weighted by atomic mass is 19.3. The highest BCUT2D eigenvalue weighted by molar-refractivity contribution is 5.66. The number of nitrogens with zero attached hydrogens (tertiary/aromatic N) is 2. The van der Waals surface area contributed by atoms with Crippen LogP contribution in [0.3, 0.4) is 0 Å². The van der Waals surface area contributed by atoms with E-state index in [4.69, 9.17) is 0 Å². The van der Waals surface area contributed by atoms with Gasteiger partial charge in [-0.25, -0.2) is 27.5 Å². The van der Waals surface area contributed by atoms with Gasteiger partial charge in [0.25, 0.3) is 5.92 Å². The molecule has 0 saturated carbocycles. The van der Waals surface area contributed by atoms with E-state index in [1.54, 1.807) is 6.92 Å². The van der Waals surface area contributed by atoms with Crippen LogP contribution in [0.15, 0.2) is 24.4 Å². The fraction of sp³-hybridized carbons (Fsp3) is 0.375. The molecule has 1 aliphatic rings. The van der Waals surface area contributed by atoms with Crippen molar-refractivity contribution in [1.29, 1.82) is 0 Å². The second-order valence-electron chi connectivity index (χ2n) is 5.72. The van der Waals surface area contributed by atoms with Gasteiger partial charge in [-0.05, 0) is 19.1 Å². The van der Waals surface area contributed by atoms with Crippen LogP contribution in [-0.2, 0) is 0 Å². The Labute approximate surface area is 136 Å². The van der Waals surface area contributed by atoms with E-state index in [2.05, 4.69) is 20.6 Å². The van der Waals surface area contributed by atoms with E-state index in [0.29, 0.717) is 11.3 Å². The number of rotatable bonds is 4. The largest absolute Gasteiger partial charge is 0.352 e. The Balaban J connectivity index is 1.75. The van der Waals surface area contributed by atoms with Crippen molar-refractivity contribution in [2.45, 2.75) is 25.3 Å². The van der Waals surface area contributed by atoms with Crippen LogP contribution < -0.4 is 10.6 Å². The molecule has 0 spiro atoms. The van der Waals surface area contributed by atoms with Crippen molar-refractivity contribution in [2.24, 2.45) is 0 Å². The van der Waals surface area contributed by atoms with Gasteiger partial charge in [-0.2, -0.15) is 0 Å². The van der Waals surface area contributed by atoms with Gasteiger partial charge in [-0.1, -0.05) is 0 Å². The van der Waals surface area contributed by atoms with Crippen LogP contribution in [0.2, 0.25) is 0 Å². The van der Waals surface area contributed by atoms with Gasteiger partial charge < -0.3 is 10.6 Å². The van der Waals surface area contributed by atoms with Gasteiger partial charge >= 0.3 is 0 Å². The second-order valence-corrected chi connectivity index (χ2v) is 5.72. The summed E-state index contributed by atoms with van der Waals surface area (Å²) in [6.07, 6.45) is 1.20. The molecule has 0 bridgehead atoms. The Morgan fingerprint density at radius 3 is 2.71 bits per heavy atom. The maximum atomic E-state index is 13.9. The Morgan fingerprint density at radius 1 is 1.29 bits per heavy atom. The van der Waals surface area contributed by atoms with Gasteiger partial charge in [0, 0.05) is 42.9 Å². The minimum Gasteiger partial charge on any atom is -0.352 e. The van der Waals surface area contributed by atoms with Gasteiger partial charge in [-0.15, -0.1) is 0 Å². The van der Waals surface area contributed by atoms with Gasteiger partial charge in [0.1, 0.15) is 11.6 Å². The third kappa shape index (κ3) is 3.33. The quantitative estimate of drug-likeness (QED) is 0.840. The third-order valence-corrected chi connectivity index (χ3v) is 4.02.